The number of anilines is 1. The van der Waals surface area contributed by atoms with Crippen LogP contribution < -0.4 is 4.90 Å². The molecule has 1 fully saturated rings. The summed E-state index contributed by atoms with van der Waals surface area (Å²) in [5, 5.41) is 4.49. The molecule has 0 bridgehead atoms. The van der Waals surface area contributed by atoms with Gasteiger partial charge in [-0.05, 0) is 44.7 Å². The summed E-state index contributed by atoms with van der Waals surface area (Å²) in [6, 6.07) is 4.08. The van der Waals surface area contributed by atoms with Gasteiger partial charge in [0.05, 0.1) is 18.5 Å². The van der Waals surface area contributed by atoms with E-state index in [1.807, 2.05) is 38.6 Å². The Kier molecular flexibility index (Phi) is 5.68. The Hall–Kier alpha value is -2.26. The second kappa shape index (κ2) is 8.02. The normalized spacial score (nSPS) is 22.6. The van der Waals surface area contributed by atoms with Gasteiger partial charge in [-0.15, -0.1) is 0 Å². The maximum Gasteiger partial charge on any atom is 0.231 e. The molecular weight excluding hydrogens is 414 g/mol. The molecule has 0 aliphatic carbocycles. The van der Waals surface area contributed by atoms with Crippen molar-refractivity contribution in [3.63, 3.8) is 0 Å². The third-order valence-corrected chi connectivity index (χ3v) is 7.96. The fourth-order valence-corrected chi connectivity index (χ4v) is 5.65. The highest BCUT2D eigenvalue weighted by molar-refractivity contribution is 7.88. The van der Waals surface area contributed by atoms with Crippen molar-refractivity contribution in [1.29, 1.82) is 0 Å². The molecule has 4 heterocycles. The van der Waals surface area contributed by atoms with Gasteiger partial charge in [0, 0.05) is 48.9 Å². The van der Waals surface area contributed by atoms with Gasteiger partial charge in [-0.2, -0.15) is 5.10 Å². The number of carbonyl (C=O) groups is 1. The predicted molar refractivity (Wildman–Crippen MR) is 119 cm³/mol. The van der Waals surface area contributed by atoms with E-state index in [0.29, 0.717) is 31.9 Å². The molecule has 1 saturated heterocycles. The van der Waals surface area contributed by atoms with Crippen LogP contribution in [-0.2, 0) is 34.8 Å². The van der Waals surface area contributed by atoms with Gasteiger partial charge in [0.2, 0.25) is 15.9 Å². The van der Waals surface area contributed by atoms with E-state index in [4.69, 9.17) is 4.98 Å². The van der Waals surface area contributed by atoms with Crippen molar-refractivity contribution in [2.75, 3.05) is 24.2 Å². The molecule has 2 unspecified atom stereocenters. The average molecular weight is 446 g/mol. The van der Waals surface area contributed by atoms with Crippen LogP contribution in [0.4, 0.5) is 5.82 Å². The molecule has 9 heteroatoms. The third kappa shape index (κ3) is 4.13. The van der Waals surface area contributed by atoms with Crippen molar-refractivity contribution in [1.82, 2.24) is 19.1 Å². The number of amides is 1. The summed E-state index contributed by atoms with van der Waals surface area (Å²) in [5.41, 5.74) is 4.92. The van der Waals surface area contributed by atoms with Gasteiger partial charge in [-0.1, -0.05) is 13.0 Å². The summed E-state index contributed by atoms with van der Waals surface area (Å²) in [6.45, 7) is 7.38. The second-order valence-corrected chi connectivity index (χ2v) is 11.0. The van der Waals surface area contributed by atoms with E-state index in [2.05, 4.69) is 11.2 Å². The Labute approximate surface area is 184 Å². The Morgan fingerprint density at radius 1 is 1.23 bits per heavy atom. The highest BCUT2D eigenvalue weighted by Crippen LogP contribution is 2.34. The largest absolute Gasteiger partial charge is 0.292 e. The molecule has 1 amide bonds. The van der Waals surface area contributed by atoms with E-state index < -0.39 is 10.0 Å². The maximum atomic E-state index is 13.2. The van der Waals surface area contributed by atoms with Crippen LogP contribution in [0.1, 0.15) is 53.9 Å². The summed E-state index contributed by atoms with van der Waals surface area (Å²) >= 11 is 0. The molecular formula is C22H31N5O3S. The Bertz CT molecular complexity index is 1120. The number of aryl methyl sites for hydroxylation is 2. The number of rotatable bonds is 4. The first-order valence-electron chi connectivity index (χ1n) is 10.8. The van der Waals surface area contributed by atoms with E-state index in [1.165, 1.54) is 10.6 Å². The quantitative estimate of drug-likeness (QED) is 0.721. The van der Waals surface area contributed by atoms with Crippen molar-refractivity contribution in [3.05, 3.63) is 40.3 Å². The molecule has 168 valence electrons. The molecule has 0 radical (unpaired) electrons. The molecule has 0 N–H and O–H groups in total. The molecule has 0 saturated carbocycles. The summed E-state index contributed by atoms with van der Waals surface area (Å²) in [7, 11) is -1.32. The number of nitrogens with zero attached hydrogens (tertiary/aromatic N) is 5. The van der Waals surface area contributed by atoms with Gasteiger partial charge in [0.15, 0.2) is 0 Å². The van der Waals surface area contributed by atoms with E-state index >= 15 is 0 Å². The van der Waals surface area contributed by atoms with Crippen molar-refractivity contribution >= 4 is 21.7 Å². The third-order valence-electron chi connectivity index (χ3n) is 6.69. The summed E-state index contributed by atoms with van der Waals surface area (Å²) in [5.74, 6) is 0.709. The van der Waals surface area contributed by atoms with E-state index in [9.17, 15) is 13.2 Å². The summed E-state index contributed by atoms with van der Waals surface area (Å²) in [6.07, 6.45) is 3.63. The molecule has 2 aromatic rings. The number of hydrogen-bond acceptors (Lipinski definition) is 5. The van der Waals surface area contributed by atoms with Crippen LogP contribution in [0, 0.1) is 19.8 Å². The second-order valence-electron chi connectivity index (χ2n) is 8.98. The Balaban J connectivity index is 1.69. The van der Waals surface area contributed by atoms with Gasteiger partial charge in [-0.25, -0.2) is 17.7 Å². The molecule has 8 nitrogen and oxygen atoms in total. The monoisotopic (exact) mass is 445 g/mol. The van der Waals surface area contributed by atoms with Crippen molar-refractivity contribution < 1.29 is 13.2 Å². The first-order valence-corrected chi connectivity index (χ1v) is 12.7. The topological polar surface area (TPSA) is 88.4 Å². The van der Waals surface area contributed by atoms with Gasteiger partial charge >= 0.3 is 0 Å². The minimum atomic E-state index is -3.23. The number of piperidine rings is 1. The lowest BCUT2D eigenvalue weighted by atomic mass is 9.91. The molecule has 4 rings (SSSR count). The summed E-state index contributed by atoms with van der Waals surface area (Å²) < 4.78 is 27.5. The molecule has 2 aliphatic rings. The van der Waals surface area contributed by atoms with Crippen LogP contribution in [0.15, 0.2) is 12.1 Å². The number of pyridine rings is 1. The zero-order valence-electron chi connectivity index (χ0n) is 18.9. The molecule has 31 heavy (non-hydrogen) atoms. The maximum absolute atomic E-state index is 13.2. The van der Waals surface area contributed by atoms with Crippen LogP contribution in [-0.4, -0.2) is 52.7 Å². The lowest BCUT2D eigenvalue weighted by molar-refractivity contribution is -0.122. The molecule has 0 aromatic carbocycles. The van der Waals surface area contributed by atoms with Gasteiger partial charge < -0.3 is 0 Å². The number of fused-ring (bicyclic) bond motifs is 1. The van der Waals surface area contributed by atoms with Crippen LogP contribution in [0.3, 0.4) is 0 Å². The molecule has 2 aliphatic heterocycles. The van der Waals surface area contributed by atoms with Gasteiger partial charge in [0.25, 0.3) is 0 Å². The molecule has 2 atom stereocenters. The zero-order valence-corrected chi connectivity index (χ0v) is 19.7. The van der Waals surface area contributed by atoms with E-state index in [0.717, 1.165) is 41.1 Å². The van der Waals surface area contributed by atoms with Gasteiger partial charge in [-0.3, -0.25) is 14.4 Å². The first kappa shape index (κ1) is 22.0. The van der Waals surface area contributed by atoms with Crippen molar-refractivity contribution in [2.45, 2.75) is 52.5 Å². The number of carbonyl (C=O) groups excluding carboxylic acids is 1. The van der Waals surface area contributed by atoms with Crippen LogP contribution >= 0.6 is 0 Å². The van der Waals surface area contributed by atoms with Gasteiger partial charge in [0.1, 0.15) is 5.82 Å². The van der Waals surface area contributed by atoms with Crippen molar-refractivity contribution in [2.24, 2.45) is 13.0 Å². The van der Waals surface area contributed by atoms with Crippen LogP contribution in [0.5, 0.6) is 0 Å². The first-order chi connectivity index (χ1) is 14.6. The average Bonchev–Trinajstić information content (AvgIpc) is 2.96. The fourth-order valence-electron chi connectivity index (χ4n) is 4.74. The molecule has 2 aromatic heterocycles. The fraction of sp³-hybridized carbons (Fsp3) is 0.591. The van der Waals surface area contributed by atoms with E-state index in [1.54, 1.807) is 4.90 Å². The lowest BCUT2D eigenvalue weighted by Gasteiger charge is -2.34. The highest BCUT2D eigenvalue weighted by atomic mass is 32.2. The number of hydrogen-bond donors (Lipinski definition) is 0. The summed E-state index contributed by atoms with van der Waals surface area (Å²) in [4.78, 5) is 19.9. The smallest absolute Gasteiger partial charge is 0.231 e. The zero-order chi connectivity index (χ0) is 22.5. The molecule has 0 spiro atoms. The minimum absolute atomic E-state index is 0.0342. The minimum Gasteiger partial charge on any atom is -0.292 e. The number of aromatic nitrogens is 3. The SMILES string of the molecule is Cc1nn(C)c(C)c1CN1C(=O)C(C)Cc2ccc(C3CCCN(S(C)(=O)=O)C3)nc21. The van der Waals surface area contributed by atoms with E-state index in [-0.39, 0.29) is 17.7 Å². The van der Waals surface area contributed by atoms with Crippen LogP contribution in [0.2, 0.25) is 0 Å². The van der Waals surface area contributed by atoms with Crippen LogP contribution in [0.25, 0.3) is 0 Å². The number of sulfonamides is 1. The Morgan fingerprint density at radius 2 is 1.97 bits per heavy atom. The highest BCUT2D eigenvalue weighted by Gasteiger charge is 2.34. The Morgan fingerprint density at radius 3 is 2.61 bits per heavy atom. The predicted octanol–water partition coefficient (Wildman–Crippen LogP) is 2.30. The standard InChI is InChI=1S/C22H31N5O3S/c1-14-11-17-8-9-20(18-7-6-10-26(12-18)31(5,29)30)23-21(17)27(22(14)28)13-19-15(2)24-25(4)16(19)3/h8-9,14,18H,6-7,10-13H2,1-5H3. The van der Waals surface area contributed by atoms with Crippen molar-refractivity contribution in [3.8, 4) is 0 Å². The lowest BCUT2D eigenvalue weighted by Crippen LogP contribution is -2.41.